The highest BCUT2D eigenvalue weighted by molar-refractivity contribution is 7.26. The van der Waals surface area contributed by atoms with E-state index in [1.165, 1.54) is 25.7 Å². The molecule has 1 saturated carbocycles. The van der Waals surface area contributed by atoms with E-state index < -0.39 is 0 Å². The van der Waals surface area contributed by atoms with Gasteiger partial charge in [-0.15, -0.1) is 0 Å². The predicted molar refractivity (Wildman–Crippen MR) is 48.3 cm³/mol. The van der Waals surface area contributed by atoms with Crippen LogP contribution in [0, 0.1) is 5.92 Å². The zero-order valence-corrected chi connectivity index (χ0v) is 8.36. The van der Waals surface area contributed by atoms with Gasteiger partial charge >= 0.3 is 0 Å². The van der Waals surface area contributed by atoms with Crippen LogP contribution < -0.4 is 0 Å². The summed E-state index contributed by atoms with van der Waals surface area (Å²) in [6.07, 6.45) is 6.31. The van der Waals surface area contributed by atoms with Crippen molar-refractivity contribution in [1.29, 1.82) is 0 Å². The maximum absolute atomic E-state index is 10.9. The number of rotatable bonds is 3. The lowest BCUT2D eigenvalue weighted by atomic mass is 9.89. The molecule has 0 aromatic carbocycles. The quantitative estimate of drug-likeness (QED) is 0.594. The third kappa shape index (κ3) is 1.82. The van der Waals surface area contributed by atoms with Gasteiger partial charge in [0, 0.05) is 0 Å². The van der Waals surface area contributed by atoms with E-state index >= 15 is 0 Å². The third-order valence-corrected chi connectivity index (χ3v) is 4.26. The molecule has 1 aliphatic carbocycles. The van der Waals surface area contributed by atoms with Gasteiger partial charge in [-0.25, -0.2) is 0 Å². The Bertz CT molecular complexity index is 140. The highest BCUT2D eigenvalue weighted by Crippen LogP contribution is 2.43. The molecule has 0 bridgehead atoms. The molecule has 0 unspecified atom stereocenters. The lowest BCUT2D eigenvalue weighted by Gasteiger charge is -2.26. The zero-order chi connectivity index (χ0) is 8.32. The molecule has 11 heavy (non-hydrogen) atoms. The minimum absolute atomic E-state index is 0.0799. The molecular formula is C9H17OP. The lowest BCUT2D eigenvalue weighted by Crippen LogP contribution is -2.25. The van der Waals surface area contributed by atoms with Gasteiger partial charge in [-0.1, -0.05) is 19.8 Å². The first kappa shape index (κ1) is 9.19. The summed E-state index contributed by atoms with van der Waals surface area (Å²) in [4.78, 5) is 0. The zero-order valence-electron chi connectivity index (χ0n) is 7.47. The summed E-state index contributed by atoms with van der Waals surface area (Å²) >= 11 is 0. The Kier molecular flexibility index (Phi) is 3.06. The molecule has 1 aliphatic rings. The van der Waals surface area contributed by atoms with Crippen LogP contribution in [0.25, 0.3) is 0 Å². The van der Waals surface area contributed by atoms with E-state index in [0.29, 0.717) is 14.4 Å². The van der Waals surface area contributed by atoms with Gasteiger partial charge < -0.3 is 0 Å². The maximum atomic E-state index is 10.9. The summed E-state index contributed by atoms with van der Waals surface area (Å²) in [5.41, 5.74) is 0. The van der Waals surface area contributed by atoms with Crippen molar-refractivity contribution in [3.63, 3.8) is 0 Å². The van der Waals surface area contributed by atoms with E-state index in [9.17, 15) is 4.57 Å². The van der Waals surface area contributed by atoms with Crippen LogP contribution in [0.15, 0.2) is 0 Å². The van der Waals surface area contributed by atoms with Gasteiger partial charge in [0.25, 0.3) is 0 Å². The Hall–Kier alpha value is 0.100. The summed E-state index contributed by atoms with van der Waals surface area (Å²) in [7, 11) is 0.353. The van der Waals surface area contributed by atoms with Crippen LogP contribution in [0.1, 0.15) is 46.0 Å². The van der Waals surface area contributed by atoms with Crippen LogP contribution in [0.3, 0.4) is 0 Å². The second-order valence-corrected chi connectivity index (χ2v) is 4.99. The average molecular weight is 172 g/mol. The topological polar surface area (TPSA) is 17.1 Å². The fourth-order valence-corrected chi connectivity index (χ4v) is 2.51. The number of hydrogen-bond acceptors (Lipinski definition) is 1. The van der Waals surface area contributed by atoms with Gasteiger partial charge in [-0.3, -0.25) is 4.57 Å². The molecule has 1 fully saturated rings. The summed E-state index contributed by atoms with van der Waals surface area (Å²) in [5.74, 6) is 0.715. The minimum Gasteiger partial charge on any atom is -0.274 e. The predicted octanol–water partition coefficient (Wildman–Crippen LogP) is 3.64. The molecule has 1 nitrogen and oxygen atoms in total. The molecule has 2 heteroatoms. The first-order chi connectivity index (χ1) is 5.23. The fraction of sp³-hybridized carbons (Fsp3) is 1.00. The van der Waals surface area contributed by atoms with E-state index in [2.05, 4.69) is 13.8 Å². The van der Waals surface area contributed by atoms with E-state index in [1.807, 2.05) is 0 Å². The van der Waals surface area contributed by atoms with Crippen molar-refractivity contribution >= 4 is 8.46 Å². The molecule has 0 amide bonds. The monoisotopic (exact) mass is 172 g/mol. The Morgan fingerprint density at radius 3 is 2.36 bits per heavy atom. The normalized spacial score (nSPS) is 25.6. The standard InChI is InChI=1S/C9H17OP/c1-3-9(2,11-10)8-6-4-5-7-8/h8H,3-7H2,1-2H3/t9-/m1/s1. The van der Waals surface area contributed by atoms with Gasteiger partial charge in [0.2, 0.25) is 0 Å². The molecule has 0 radical (unpaired) electrons. The molecule has 1 atom stereocenters. The summed E-state index contributed by atoms with van der Waals surface area (Å²) in [5, 5.41) is 0.0799. The van der Waals surface area contributed by atoms with Crippen molar-refractivity contribution < 1.29 is 4.57 Å². The second-order valence-electron chi connectivity index (χ2n) is 3.78. The van der Waals surface area contributed by atoms with Crippen LogP contribution in [0.2, 0.25) is 0 Å². The van der Waals surface area contributed by atoms with Crippen LogP contribution in [0.5, 0.6) is 0 Å². The van der Waals surface area contributed by atoms with Gasteiger partial charge in [0.05, 0.1) is 5.16 Å². The summed E-state index contributed by atoms with van der Waals surface area (Å²) in [6.45, 7) is 4.29. The minimum atomic E-state index is 0.0799. The van der Waals surface area contributed by atoms with Crippen LogP contribution in [0.4, 0.5) is 0 Å². The molecule has 0 heterocycles. The molecular weight excluding hydrogens is 155 g/mol. The Morgan fingerprint density at radius 1 is 1.45 bits per heavy atom. The van der Waals surface area contributed by atoms with Crippen molar-refractivity contribution in [2.24, 2.45) is 5.92 Å². The van der Waals surface area contributed by atoms with Crippen LogP contribution in [-0.2, 0) is 4.57 Å². The largest absolute Gasteiger partial charge is 0.274 e. The highest BCUT2D eigenvalue weighted by Gasteiger charge is 2.34. The number of hydrogen-bond donors (Lipinski definition) is 0. The lowest BCUT2D eigenvalue weighted by molar-refractivity contribution is 0.384. The SMILES string of the molecule is CC[C@@](C)(P=O)C1CCCC1. The molecule has 0 aliphatic heterocycles. The Labute approximate surface area is 70.8 Å². The molecule has 1 rings (SSSR count). The highest BCUT2D eigenvalue weighted by atomic mass is 31.1. The van der Waals surface area contributed by atoms with Gasteiger partial charge in [-0.05, 0) is 32.1 Å². The van der Waals surface area contributed by atoms with Crippen LogP contribution >= 0.6 is 8.46 Å². The molecule has 0 N–H and O–H groups in total. The molecule has 0 aromatic rings. The fourth-order valence-electron chi connectivity index (χ4n) is 1.98. The van der Waals surface area contributed by atoms with Crippen molar-refractivity contribution in [3.05, 3.63) is 0 Å². The van der Waals surface area contributed by atoms with Crippen molar-refractivity contribution in [2.75, 3.05) is 0 Å². The van der Waals surface area contributed by atoms with E-state index in [4.69, 9.17) is 0 Å². The third-order valence-electron chi connectivity index (χ3n) is 3.16. The summed E-state index contributed by atoms with van der Waals surface area (Å²) in [6, 6.07) is 0. The molecule has 64 valence electrons. The molecule has 0 spiro atoms. The Balaban J connectivity index is 2.59. The Morgan fingerprint density at radius 2 is 2.00 bits per heavy atom. The smallest absolute Gasteiger partial charge is 0.162 e. The van der Waals surface area contributed by atoms with Crippen molar-refractivity contribution in [3.8, 4) is 0 Å². The van der Waals surface area contributed by atoms with Crippen LogP contribution in [-0.4, -0.2) is 5.16 Å². The maximum Gasteiger partial charge on any atom is 0.162 e. The van der Waals surface area contributed by atoms with E-state index in [1.54, 1.807) is 0 Å². The summed E-state index contributed by atoms with van der Waals surface area (Å²) < 4.78 is 10.9. The molecule has 0 aromatic heterocycles. The second kappa shape index (κ2) is 3.67. The van der Waals surface area contributed by atoms with Gasteiger partial charge in [0.1, 0.15) is 0 Å². The van der Waals surface area contributed by atoms with E-state index in [0.717, 1.165) is 6.42 Å². The van der Waals surface area contributed by atoms with Gasteiger partial charge in [-0.2, -0.15) is 0 Å². The average Bonchev–Trinajstić information content (AvgIpc) is 2.55. The first-order valence-electron chi connectivity index (χ1n) is 4.57. The van der Waals surface area contributed by atoms with E-state index in [-0.39, 0.29) is 5.16 Å². The van der Waals surface area contributed by atoms with Crippen molar-refractivity contribution in [2.45, 2.75) is 51.1 Å². The van der Waals surface area contributed by atoms with Crippen molar-refractivity contribution in [1.82, 2.24) is 0 Å². The van der Waals surface area contributed by atoms with Gasteiger partial charge in [0.15, 0.2) is 8.46 Å². The first-order valence-corrected chi connectivity index (χ1v) is 5.38. The molecule has 0 saturated heterocycles.